The lowest BCUT2D eigenvalue weighted by Gasteiger charge is -2.25. The number of nitrogens with one attached hydrogen (secondary N) is 2. The number of ether oxygens (including phenoxy) is 2. The molecule has 1 atom stereocenters. The predicted molar refractivity (Wildman–Crippen MR) is 178 cm³/mol. The maximum Gasteiger partial charge on any atom is 0.242 e. The summed E-state index contributed by atoms with van der Waals surface area (Å²) in [7, 11) is 1.62. The number of carbonyl (C=O) groups is 2. The van der Waals surface area contributed by atoms with Crippen molar-refractivity contribution in [2.24, 2.45) is 0 Å². The van der Waals surface area contributed by atoms with Crippen molar-refractivity contribution in [1.29, 1.82) is 0 Å². The van der Waals surface area contributed by atoms with Gasteiger partial charge in [0, 0.05) is 68.6 Å². The number of carbonyl (C=O) groups excluding carboxylic acids is 2. The minimum atomic E-state index is -0.727. The Kier molecular flexibility index (Phi) is 10.2. The summed E-state index contributed by atoms with van der Waals surface area (Å²) < 4.78 is 15.7. The van der Waals surface area contributed by atoms with E-state index in [9.17, 15) is 9.59 Å². The normalized spacial score (nSPS) is 16.6. The first-order chi connectivity index (χ1) is 23.1. The smallest absolute Gasteiger partial charge is 0.242 e. The number of fused-ring (bicyclic) bond motifs is 4. The van der Waals surface area contributed by atoms with Crippen LogP contribution in [-0.2, 0) is 29.1 Å². The Morgan fingerprint density at radius 1 is 0.957 bits per heavy atom. The maximum atomic E-state index is 13.6. The van der Waals surface area contributed by atoms with E-state index in [1.54, 1.807) is 25.8 Å². The van der Waals surface area contributed by atoms with Gasteiger partial charge >= 0.3 is 0 Å². The molecule has 1 aliphatic heterocycles. The standard InChI is InChI=1S/C36H39N7O4/c1-46-32-13-10-29-23-33(32)47-21-5-17-41(24-28-8-11-30(12-9-28)43-18-14-37-26-43)25-34(44)40-31(22-27-6-3-2-4-7-27)36(45)39-16-20-42-19-15-38-35(29)42/h2-4,6-15,18-19,23,26,31H,5,16-17,20-22,24-25H2,1H3,(H,39,45)(H,40,44)/t31-/m0/s1. The zero-order valence-electron chi connectivity index (χ0n) is 26.4. The Morgan fingerprint density at radius 2 is 1.81 bits per heavy atom. The number of methoxy groups -OCH3 is 1. The average molecular weight is 634 g/mol. The number of hydrogen-bond acceptors (Lipinski definition) is 7. The van der Waals surface area contributed by atoms with Crippen molar-refractivity contribution < 1.29 is 19.1 Å². The van der Waals surface area contributed by atoms with Gasteiger partial charge in [0.1, 0.15) is 11.9 Å². The first-order valence-electron chi connectivity index (χ1n) is 15.8. The first-order valence-corrected chi connectivity index (χ1v) is 15.8. The van der Waals surface area contributed by atoms with Crippen molar-refractivity contribution in [3.05, 3.63) is 115 Å². The molecule has 5 aromatic rings. The van der Waals surface area contributed by atoms with Crippen LogP contribution in [0.4, 0.5) is 0 Å². The summed E-state index contributed by atoms with van der Waals surface area (Å²) in [6.07, 6.45) is 10.1. The average Bonchev–Trinajstić information content (AvgIpc) is 3.80. The van der Waals surface area contributed by atoms with Gasteiger partial charge in [0.25, 0.3) is 0 Å². The van der Waals surface area contributed by atoms with Gasteiger partial charge in [0.05, 0.1) is 26.6 Å². The van der Waals surface area contributed by atoms with Crippen LogP contribution in [-0.4, -0.2) is 75.2 Å². The van der Waals surface area contributed by atoms with Crippen molar-refractivity contribution in [3.8, 4) is 28.6 Å². The Balaban J connectivity index is 1.24. The van der Waals surface area contributed by atoms with Gasteiger partial charge in [-0.25, -0.2) is 9.97 Å². The van der Waals surface area contributed by atoms with Gasteiger partial charge in [-0.05, 0) is 47.9 Å². The third-order valence-electron chi connectivity index (χ3n) is 8.11. The van der Waals surface area contributed by atoms with E-state index in [0.29, 0.717) is 57.1 Å². The highest BCUT2D eigenvalue weighted by molar-refractivity contribution is 5.88. The fraction of sp³-hybridized carbons (Fsp3) is 0.278. The summed E-state index contributed by atoms with van der Waals surface area (Å²) in [4.78, 5) is 37.9. The second-order valence-electron chi connectivity index (χ2n) is 11.5. The van der Waals surface area contributed by atoms with Crippen molar-refractivity contribution in [2.45, 2.75) is 32.0 Å². The van der Waals surface area contributed by atoms with E-state index in [0.717, 1.165) is 28.2 Å². The van der Waals surface area contributed by atoms with Gasteiger partial charge in [0.2, 0.25) is 11.8 Å². The largest absolute Gasteiger partial charge is 0.493 e. The summed E-state index contributed by atoms with van der Waals surface area (Å²) in [5.41, 5.74) is 3.92. The predicted octanol–water partition coefficient (Wildman–Crippen LogP) is 3.87. The molecule has 0 saturated heterocycles. The molecule has 0 radical (unpaired) electrons. The van der Waals surface area contributed by atoms with Crippen LogP contribution in [0.5, 0.6) is 11.5 Å². The molecule has 2 aromatic heterocycles. The zero-order chi connectivity index (χ0) is 32.4. The van der Waals surface area contributed by atoms with Gasteiger partial charge < -0.3 is 29.2 Å². The molecule has 0 saturated carbocycles. The number of benzene rings is 3. The van der Waals surface area contributed by atoms with Gasteiger partial charge in [-0.15, -0.1) is 0 Å². The third kappa shape index (κ3) is 8.25. The molecule has 6 rings (SSSR count). The van der Waals surface area contributed by atoms with E-state index in [1.165, 1.54) is 0 Å². The third-order valence-corrected chi connectivity index (χ3v) is 8.11. The Bertz CT molecular complexity index is 1750. The molecule has 11 heteroatoms. The lowest BCUT2D eigenvalue weighted by molar-refractivity contribution is -0.129. The molecule has 0 unspecified atom stereocenters. The fourth-order valence-electron chi connectivity index (χ4n) is 5.73. The number of nitrogens with zero attached hydrogens (tertiary/aromatic N) is 5. The number of imidazole rings is 2. The molecule has 11 nitrogen and oxygen atoms in total. The number of amides is 2. The molecule has 0 aliphatic carbocycles. The number of rotatable bonds is 6. The lowest BCUT2D eigenvalue weighted by atomic mass is 10.1. The quantitative estimate of drug-likeness (QED) is 0.292. The molecule has 47 heavy (non-hydrogen) atoms. The monoisotopic (exact) mass is 633 g/mol. The summed E-state index contributed by atoms with van der Waals surface area (Å²) in [5, 5.41) is 6.06. The molecule has 2 bridgehead atoms. The molecule has 0 spiro atoms. The molecule has 2 N–H and O–H groups in total. The minimum absolute atomic E-state index is 0.124. The summed E-state index contributed by atoms with van der Waals surface area (Å²) in [6.45, 7) is 2.56. The molecule has 242 valence electrons. The van der Waals surface area contributed by atoms with E-state index in [-0.39, 0.29) is 18.4 Å². The second-order valence-corrected chi connectivity index (χ2v) is 11.5. The van der Waals surface area contributed by atoms with Crippen LogP contribution >= 0.6 is 0 Å². The van der Waals surface area contributed by atoms with Crippen molar-refractivity contribution >= 4 is 11.8 Å². The van der Waals surface area contributed by atoms with Crippen LogP contribution in [0.25, 0.3) is 17.1 Å². The van der Waals surface area contributed by atoms with E-state index >= 15 is 0 Å². The number of aromatic nitrogens is 4. The number of hydrogen-bond donors (Lipinski definition) is 2. The fourth-order valence-corrected chi connectivity index (χ4v) is 5.73. The van der Waals surface area contributed by atoms with Gasteiger partial charge in [-0.1, -0.05) is 42.5 Å². The molecule has 3 heterocycles. The van der Waals surface area contributed by atoms with E-state index in [2.05, 4.69) is 37.6 Å². The summed E-state index contributed by atoms with van der Waals surface area (Å²) >= 11 is 0. The van der Waals surface area contributed by atoms with Crippen LogP contribution in [0, 0.1) is 0 Å². The Labute approximate surface area is 274 Å². The van der Waals surface area contributed by atoms with Crippen LogP contribution in [0.15, 0.2) is 104 Å². The molecule has 1 aliphatic rings. The van der Waals surface area contributed by atoms with Gasteiger partial charge in [0.15, 0.2) is 11.5 Å². The molecular formula is C36H39N7O4. The second kappa shape index (κ2) is 15.2. The van der Waals surface area contributed by atoms with Crippen molar-refractivity contribution in [3.63, 3.8) is 0 Å². The van der Waals surface area contributed by atoms with E-state index < -0.39 is 6.04 Å². The highest BCUT2D eigenvalue weighted by Crippen LogP contribution is 2.32. The lowest BCUT2D eigenvalue weighted by Crippen LogP contribution is -2.51. The minimum Gasteiger partial charge on any atom is -0.493 e. The van der Waals surface area contributed by atoms with E-state index in [4.69, 9.17) is 9.47 Å². The Morgan fingerprint density at radius 3 is 2.60 bits per heavy atom. The molecular weight excluding hydrogens is 594 g/mol. The highest BCUT2D eigenvalue weighted by atomic mass is 16.5. The van der Waals surface area contributed by atoms with Crippen LogP contribution in [0.2, 0.25) is 0 Å². The topological polar surface area (TPSA) is 116 Å². The van der Waals surface area contributed by atoms with Gasteiger partial charge in [-0.3, -0.25) is 14.5 Å². The van der Waals surface area contributed by atoms with Crippen LogP contribution in [0.3, 0.4) is 0 Å². The molecule has 0 fully saturated rings. The van der Waals surface area contributed by atoms with E-state index in [1.807, 2.05) is 82.2 Å². The van der Waals surface area contributed by atoms with Gasteiger partial charge in [-0.2, -0.15) is 0 Å². The van der Waals surface area contributed by atoms with Crippen LogP contribution < -0.4 is 20.1 Å². The zero-order valence-corrected chi connectivity index (χ0v) is 26.4. The molecule has 3 aromatic carbocycles. The SMILES string of the molecule is COc1ccc2cc1OCCCN(Cc1ccc(-n3ccnc3)cc1)CC(=O)N[C@@H](Cc1ccccc1)C(=O)NCCn1ccnc1-2. The Hall–Kier alpha value is -5.42. The van der Waals surface area contributed by atoms with Crippen molar-refractivity contribution in [2.75, 3.05) is 33.4 Å². The highest BCUT2D eigenvalue weighted by Gasteiger charge is 2.23. The molecule has 2 amide bonds. The summed E-state index contributed by atoms with van der Waals surface area (Å²) in [6, 6.07) is 22.9. The van der Waals surface area contributed by atoms with Crippen molar-refractivity contribution in [1.82, 2.24) is 34.6 Å². The van der Waals surface area contributed by atoms with Crippen LogP contribution in [0.1, 0.15) is 17.5 Å². The first kappa shape index (κ1) is 31.6. The maximum absolute atomic E-state index is 13.6. The summed E-state index contributed by atoms with van der Waals surface area (Å²) in [5.74, 6) is 1.56.